The zero-order valence-electron chi connectivity index (χ0n) is 18.4. The molecule has 2 aromatic carbocycles. The van der Waals surface area contributed by atoms with Gasteiger partial charge >= 0.3 is 0 Å². The zero-order valence-corrected chi connectivity index (χ0v) is 20.0. The predicted octanol–water partition coefficient (Wildman–Crippen LogP) is 3.39. The third-order valence-corrected chi connectivity index (χ3v) is 8.84. The van der Waals surface area contributed by atoms with Crippen molar-refractivity contribution < 1.29 is 27.5 Å². The van der Waals surface area contributed by atoms with Crippen LogP contribution in [-0.2, 0) is 24.2 Å². The Kier molecular flexibility index (Phi) is 6.24. The van der Waals surface area contributed by atoms with Crippen molar-refractivity contribution in [3.8, 4) is 5.75 Å². The third-order valence-electron chi connectivity index (χ3n) is 5.63. The number of ether oxygens (including phenoxy) is 2. The van der Waals surface area contributed by atoms with E-state index in [0.29, 0.717) is 48.9 Å². The van der Waals surface area contributed by atoms with Crippen molar-refractivity contribution in [2.75, 3.05) is 25.6 Å². The summed E-state index contributed by atoms with van der Waals surface area (Å²) in [4.78, 5) is 23.4. The summed E-state index contributed by atoms with van der Waals surface area (Å²) in [7, 11) is -1.74. The molecule has 1 aromatic heterocycles. The minimum Gasteiger partial charge on any atom is -0.497 e. The topological polar surface area (TPSA) is 116 Å². The van der Waals surface area contributed by atoms with Crippen molar-refractivity contribution in [2.45, 2.75) is 35.5 Å². The summed E-state index contributed by atoms with van der Waals surface area (Å²) in [5.74, 6) is 0.187. The van der Waals surface area contributed by atoms with E-state index in [9.17, 15) is 13.2 Å². The number of rotatable bonds is 8. The molecule has 0 bridgehead atoms. The molecule has 9 nitrogen and oxygen atoms in total. The quantitative estimate of drug-likeness (QED) is 0.371. The number of anilines is 1. The third kappa shape index (κ3) is 4.77. The number of carbonyl (C=O) groups is 1. The number of fused-ring (bicyclic) bond motifs is 1. The van der Waals surface area contributed by atoms with Gasteiger partial charge < -0.3 is 14.3 Å². The first-order chi connectivity index (χ1) is 16.4. The highest BCUT2D eigenvalue weighted by atomic mass is 32.2. The highest BCUT2D eigenvalue weighted by molar-refractivity contribution is 7.92. The number of carbonyl (C=O) groups excluding carboxylic acids is 1. The van der Waals surface area contributed by atoms with E-state index in [4.69, 9.17) is 14.3 Å². The minimum absolute atomic E-state index is 0.0270. The SMILES string of the molecule is COc1ccc2nc(NC(=O)/C(=N/O[C@@H]3CCOC3)c3ccc(S(=O)(=O)C4CC4)cc3)sc2c1. The Labute approximate surface area is 200 Å². The number of benzene rings is 2. The van der Waals surface area contributed by atoms with Gasteiger partial charge in [-0.05, 0) is 43.2 Å². The Morgan fingerprint density at radius 3 is 2.65 bits per heavy atom. The first kappa shape index (κ1) is 22.8. The van der Waals surface area contributed by atoms with Gasteiger partial charge in [0, 0.05) is 12.0 Å². The molecule has 1 aliphatic carbocycles. The Morgan fingerprint density at radius 2 is 1.97 bits per heavy atom. The number of hydrogen-bond acceptors (Lipinski definition) is 9. The second-order valence-corrected chi connectivity index (χ2v) is 11.4. The number of amides is 1. The van der Waals surface area contributed by atoms with Crippen LogP contribution < -0.4 is 10.1 Å². The van der Waals surface area contributed by atoms with Crippen LogP contribution in [0, 0.1) is 0 Å². The van der Waals surface area contributed by atoms with Crippen LogP contribution in [0.15, 0.2) is 52.5 Å². The molecule has 11 heteroatoms. The summed E-state index contributed by atoms with van der Waals surface area (Å²) in [6.07, 6.45) is 1.80. The molecule has 2 fully saturated rings. The molecule has 1 amide bonds. The summed E-state index contributed by atoms with van der Waals surface area (Å²) >= 11 is 1.31. The van der Waals surface area contributed by atoms with E-state index in [2.05, 4.69) is 15.5 Å². The van der Waals surface area contributed by atoms with Crippen molar-refractivity contribution in [2.24, 2.45) is 5.16 Å². The van der Waals surface area contributed by atoms with Gasteiger partial charge in [-0.25, -0.2) is 13.4 Å². The van der Waals surface area contributed by atoms with Crippen LogP contribution in [0.25, 0.3) is 10.2 Å². The summed E-state index contributed by atoms with van der Waals surface area (Å²) in [5.41, 5.74) is 1.20. The number of oxime groups is 1. The van der Waals surface area contributed by atoms with Gasteiger partial charge in [0.05, 0.1) is 40.7 Å². The van der Waals surface area contributed by atoms with E-state index in [0.717, 1.165) is 10.2 Å². The maximum atomic E-state index is 13.2. The van der Waals surface area contributed by atoms with Crippen molar-refractivity contribution >= 4 is 48.1 Å². The average Bonchev–Trinajstić information content (AvgIpc) is 3.44. The highest BCUT2D eigenvalue weighted by Crippen LogP contribution is 2.33. The molecule has 0 spiro atoms. The largest absolute Gasteiger partial charge is 0.497 e. The normalized spacial score (nSPS) is 18.7. The lowest BCUT2D eigenvalue weighted by atomic mass is 10.1. The molecule has 1 N–H and O–H groups in total. The number of nitrogens with one attached hydrogen (secondary N) is 1. The number of nitrogens with zero attached hydrogens (tertiary/aromatic N) is 2. The van der Waals surface area contributed by atoms with Gasteiger partial charge in [0.25, 0.3) is 5.91 Å². The second kappa shape index (κ2) is 9.32. The fraction of sp³-hybridized carbons (Fsp3) is 0.348. The van der Waals surface area contributed by atoms with Crippen LogP contribution in [0.5, 0.6) is 5.75 Å². The molecule has 178 valence electrons. The van der Waals surface area contributed by atoms with Gasteiger partial charge in [0.15, 0.2) is 26.8 Å². The van der Waals surface area contributed by atoms with E-state index >= 15 is 0 Å². The maximum Gasteiger partial charge on any atom is 0.280 e. The highest BCUT2D eigenvalue weighted by Gasteiger charge is 2.36. The van der Waals surface area contributed by atoms with Crippen molar-refractivity contribution in [3.63, 3.8) is 0 Å². The smallest absolute Gasteiger partial charge is 0.280 e. The van der Waals surface area contributed by atoms with E-state index < -0.39 is 15.7 Å². The molecule has 1 saturated carbocycles. The Hall–Kier alpha value is -3.02. The first-order valence-electron chi connectivity index (χ1n) is 10.9. The number of hydrogen-bond donors (Lipinski definition) is 1. The summed E-state index contributed by atoms with van der Waals surface area (Å²) in [6.45, 7) is 0.973. The number of sulfone groups is 1. The molecule has 1 saturated heterocycles. The molecule has 2 heterocycles. The van der Waals surface area contributed by atoms with Crippen LogP contribution in [0.2, 0.25) is 0 Å². The second-order valence-electron chi connectivity index (χ2n) is 8.11. The molecular weight excluding hydrogens is 478 g/mol. The molecule has 0 unspecified atom stereocenters. The Bertz CT molecular complexity index is 1340. The summed E-state index contributed by atoms with van der Waals surface area (Å²) in [5, 5.41) is 7.00. The van der Waals surface area contributed by atoms with Gasteiger partial charge in [0.2, 0.25) is 0 Å². The van der Waals surface area contributed by atoms with Gasteiger partial charge in [0.1, 0.15) is 5.75 Å². The standard InChI is InChI=1S/C23H23N3O6S2/c1-30-15-4-9-19-20(12-15)33-23(24-19)25-22(27)21(26-32-16-10-11-31-13-16)14-2-5-17(6-3-14)34(28,29)18-7-8-18/h2-6,9,12,16,18H,7-8,10-11,13H2,1H3,(H,24,25,27)/b26-21+/t16-/m1/s1. The maximum absolute atomic E-state index is 13.2. The van der Waals surface area contributed by atoms with Gasteiger partial charge in [-0.15, -0.1) is 0 Å². The fourth-order valence-corrected chi connectivity index (χ4v) is 6.11. The lowest BCUT2D eigenvalue weighted by Crippen LogP contribution is -2.25. The minimum atomic E-state index is -3.33. The average molecular weight is 502 g/mol. The van der Waals surface area contributed by atoms with Gasteiger partial charge in [-0.1, -0.05) is 28.6 Å². The fourth-order valence-electron chi connectivity index (χ4n) is 3.56. The van der Waals surface area contributed by atoms with E-state index in [1.807, 2.05) is 12.1 Å². The molecule has 1 aliphatic heterocycles. The Morgan fingerprint density at radius 1 is 1.18 bits per heavy atom. The van der Waals surface area contributed by atoms with Crippen LogP contribution in [0.4, 0.5) is 5.13 Å². The lowest BCUT2D eigenvalue weighted by Gasteiger charge is -2.10. The molecule has 2 aliphatic rings. The van der Waals surface area contributed by atoms with Crippen molar-refractivity contribution in [1.29, 1.82) is 0 Å². The van der Waals surface area contributed by atoms with Crippen molar-refractivity contribution in [1.82, 2.24) is 4.98 Å². The van der Waals surface area contributed by atoms with Crippen LogP contribution in [-0.4, -0.2) is 56.7 Å². The van der Waals surface area contributed by atoms with Gasteiger partial charge in [-0.2, -0.15) is 0 Å². The van der Waals surface area contributed by atoms with Crippen molar-refractivity contribution in [3.05, 3.63) is 48.0 Å². The number of methoxy groups -OCH3 is 1. The molecule has 5 rings (SSSR count). The molecule has 34 heavy (non-hydrogen) atoms. The van der Waals surface area contributed by atoms with E-state index in [1.165, 1.54) is 23.5 Å². The molecular formula is C23H23N3O6S2. The molecule has 0 radical (unpaired) electrons. The van der Waals surface area contributed by atoms with Crippen LogP contribution >= 0.6 is 11.3 Å². The number of aromatic nitrogens is 1. The van der Waals surface area contributed by atoms with Gasteiger partial charge in [-0.3, -0.25) is 10.1 Å². The number of thiazole rings is 1. The molecule has 3 aromatic rings. The molecule has 1 atom stereocenters. The summed E-state index contributed by atoms with van der Waals surface area (Å²) in [6, 6.07) is 11.6. The Balaban J connectivity index is 1.41. The lowest BCUT2D eigenvalue weighted by molar-refractivity contribution is -0.110. The van der Waals surface area contributed by atoms with Crippen LogP contribution in [0.3, 0.4) is 0 Å². The first-order valence-corrected chi connectivity index (χ1v) is 13.2. The summed E-state index contributed by atoms with van der Waals surface area (Å²) < 4.78 is 36.4. The zero-order chi connectivity index (χ0) is 23.7. The van der Waals surface area contributed by atoms with E-state index in [-0.39, 0.29) is 22.0 Å². The van der Waals surface area contributed by atoms with Crippen LogP contribution in [0.1, 0.15) is 24.8 Å². The van der Waals surface area contributed by atoms with E-state index in [1.54, 1.807) is 25.3 Å². The predicted molar refractivity (Wildman–Crippen MR) is 128 cm³/mol. The monoisotopic (exact) mass is 501 g/mol.